The van der Waals surface area contributed by atoms with Crippen molar-refractivity contribution in [2.75, 3.05) is 7.11 Å². The number of hydrogen-bond acceptors (Lipinski definition) is 3. The van der Waals surface area contributed by atoms with Gasteiger partial charge in [0.05, 0.1) is 13.2 Å². The second-order valence-electron chi connectivity index (χ2n) is 4.15. The molecule has 1 aromatic rings. The maximum Gasteiger partial charge on any atom is 0.218 e. The second kappa shape index (κ2) is 4.62. The third kappa shape index (κ3) is 2.29. The van der Waals surface area contributed by atoms with Crippen LogP contribution in [0.1, 0.15) is 37.4 Å². The molecule has 1 N–H and O–H groups in total. The third-order valence-electron chi connectivity index (χ3n) is 3.13. The van der Waals surface area contributed by atoms with Crippen LogP contribution in [0.3, 0.4) is 0 Å². The lowest BCUT2D eigenvalue weighted by Gasteiger charge is -2.27. The molecule has 0 spiro atoms. The van der Waals surface area contributed by atoms with Crippen molar-refractivity contribution in [2.45, 2.75) is 31.8 Å². The van der Waals surface area contributed by atoms with Gasteiger partial charge in [-0.1, -0.05) is 19.3 Å². The molecule has 3 heteroatoms. The summed E-state index contributed by atoms with van der Waals surface area (Å²) in [7, 11) is 1.59. The smallest absolute Gasteiger partial charge is 0.218 e. The van der Waals surface area contributed by atoms with Gasteiger partial charge in [-0.3, -0.25) is 0 Å². The molecule has 2 rings (SSSR count). The molecule has 0 aliphatic heterocycles. The molecule has 1 atom stereocenters. The van der Waals surface area contributed by atoms with E-state index in [0.29, 0.717) is 11.8 Å². The summed E-state index contributed by atoms with van der Waals surface area (Å²) in [6.45, 7) is 0. The molecule has 3 nitrogen and oxygen atoms in total. The monoisotopic (exact) mass is 207 g/mol. The Balaban J connectivity index is 2.05. The van der Waals surface area contributed by atoms with Gasteiger partial charge < -0.3 is 9.84 Å². The molecule has 0 bridgehead atoms. The van der Waals surface area contributed by atoms with Crippen LogP contribution < -0.4 is 4.74 Å². The average Bonchev–Trinajstić information content (AvgIpc) is 2.23. The summed E-state index contributed by atoms with van der Waals surface area (Å²) in [6, 6.07) is 3.72. The summed E-state index contributed by atoms with van der Waals surface area (Å²) in [5, 5.41) is 10.0. The molecule has 82 valence electrons. The van der Waals surface area contributed by atoms with Gasteiger partial charge in [0.25, 0.3) is 0 Å². The highest BCUT2D eigenvalue weighted by Gasteiger charge is 2.23. The van der Waals surface area contributed by atoms with Crippen LogP contribution in [0, 0.1) is 5.92 Å². The first-order valence-electron chi connectivity index (χ1n) is 5.48. The van der Waals surface area contributed by atoms with Gasteiger partial charge in [0.1, 0.15) is 0 Å². The predicted octanol–water partition coefficient (Wildman–Crippen LogP) is 2.31. The predicted molar refractivity (Wildman–Crippen MR) is 57.7 cm³/mol. The molecule has 15 heavy (non-hydrogen) atoms. The topological polar surface area (TPSA) is 42.4 Å². The molecule has 1 unspecified atom stereocenters. The van der Waals surface area contributed by atoms with Crippen molar-refractivity contribution in [1.82, 2.24) is 4.98 Å². The van der Waals surface area contributed by atoms with Crippen LogP contribution in [0.4, 0.5) is 0 Å². The van der Waals surface area contributed by atoms with Crippen molar-refractivity contribution in [2.24, 2.45) is 5.92 Å². The number of rotatable bonds is 4. The van der Waals surface area contributed by atoms with E-state index in [1.54, 1.807) is 13.3 Å². The zero-order chi connectivity index (χ0) is 10.7. The van der Waals surface area contributed by atoms with Crippen LogP contribution >= 0.6 is 0 Å². The van der Waals surface area contributed by atoms with Gasteiger partial charge in [-0.05, 0) is 24.5 Å². The maximum atomic E-state index is 10.0. The Bertz CT molecular complexity index is 323. The van der Waals surface area contributed by atoms with Crippen LogP contribution in [-0.2, 0) is 0 Å². The van der Waals surface area contributed by atoms with Crippen molar-refractivity contribution in [3.05, 3.63) is 23.9 Å². The van der Waals surface area contributed by atoms with Gasteiger partial charge in [-0.25, -0.2) is 4.98 Å². The third-order valence-corrected chi connectivity index (χ3v) is 3.13. The van der Waals surface area contributed by atoms with Crippen LogP contribution in [0.15, 0.2) is 18.3 Å². The van der Waals surface area contributed by atoms with E-state index in [1.807, 2.05) is 12.1 Å². The molecular weight excluding hydrogens is 190 g/mol. The molecule has 1 fully saturated rings. The number of hydrogen-bond donors (Lipinski definition) is 1. The lowest BCUT2D eigenvalue weighted by Crippen LogP contribution is -2.15. The second-order valence-corrected chi connectivity index (χ2v) is 4.15. The number of ether oxygens (including phenoxy) is 1. The summed E-state index contributed by atoms with van der Waals surface area (Å²) in [5.74, 6) is 1.23. The van der Waals surface area contributed by atoms with E-state index in [1.165, 1.54) is 19.3 Å². The Morgan fingerprint density at radius 1 is 1.60 bits per heavy atom. The van der Waals surface area contributed by atoms with Crippen LogP contribution in [0.5, 0.6) is 5.88 Å². The summed E-state index contributed by atoms with van der Waals surface area (Å²) in [5.41, 5.74) is 0.812. The van der Waals surface area contributed by atoms with Crippen molar-refractivity contribution in [3.8, 4) is 5.88 Å². The van der Waals surface area contributed by atoms with Crippen molar-refractivity contribution >= 4 is 0 Å². The Morgan fingerprint density at radius 2 is 2.40 bits per heavy atom. The molecule has 1 aromatic heterocycles. The van der Waals surface area contributed by atoms with Crippen LogP contribution in [0.2, 0.25) is 0 Å². The Morgan fingerprint density at radius 3 is 3.00 bits per heavy atom. The number of methoxy groups -OCH3 is 1. The van der Waals surface area contributed by atoms with E-state index >= 15 is 0 Å². The highest BCUT2D eigenvalue weighted by molar-refractivity contribution is 5.27. The Hall–Kier alpha value is -1.09. The summed E-state index contributed by atoms with van der Waals surface area (Å²) >= 11 is 0. The number of aliphatic hydroxyl groups is 1. The molecule has 1 saturated carbocycles. The minimum Gasteiger partial charge on any atom is -0.481 e. The fraction of sp³-hybridized carbons (Fsp3) is 0.583. The molecule has 0 amide bonds. The number of nitrogens with zero attached hydrogens (tertiary/aromatic N) is 1. The summed E-state index contributed by atoms with van der Waals surface area (Å²) < 4.78 is 5.13. The number of aromatic nitrogens is 1. The lowest BCUT2D eigenvalue weighted by molar-refractivity contribution is 0.115. The number of pyridine rings is 1. The molecule has 1 aliphatic rings. The van der Waals surface area contributed by atoms with Crippen LogP contribution in [-0.4, -0.2) is 17.2 Å². The number of aliphatic hydroxyl groups excluding tert-OH is 1. The average molecular weight is 207 g/mol. The molecule has 0 radical (unpaired) electrons. The van der Waals surface area contributed by atoms with Gasteiger partial charge in [0.2, 0.25) is 5.88 Å². The van der Waals surface area contributed by atoms with Gasteiger partial charge in [-0.15, -0.1) is 0 Å². The Labute approximate surface area is 90.1 Å². The molecular formula is C12H17NO2. The van der Waals surface area contributed by atoms with Crippen molar-refractivity contribution in [3.63, 3.8) is 0 Å². The SMILES string of the molecule is COc1ncccc1C(O)CC1CCC1. The highest BCUT2D eigenvalue weighted by Crippen LogP contribution is 2.36. The van der Waals surface area contributed by atoms with Crippen LogP contribution in [0.25, 0.3) is 0 Å². The highest BCUT2D eigenvalue weighted by atomic mass is 16.5. The quantitative estimate of drug-likeness (QED) is 0.823. The zero-order valence-electron chi connectivity index (χ0n) is 9.02. The van der Waals surface area contributed by atoms with E-state index < -0.39 is 6.10 Å². The fourth-order valence-corrected chi connectivity index (χ4v) is 2.00. The van der Waals surface area contributed by atoms with E-state index in [-0.39, 0.29) is 0 Å². The van der Waals surface area contributed by atoms with E-state index in [9.17, 15) is 5.11 Å². The van der Waals surface area contributed by atoms with E-state index in [4.69, 9.17) is 4.74 Å². The van der Waals surface area contributed by atoms with Crippen molar-refractivity contribution < 1.29 is 9.84 Å². The van der Waals surface area contributed by atoms with Gasteiger partial charge >= 0.3 is 0 Å². The standard InChI is InChI=1S/C12H17NO2/c1-15-12-10(6-3-7-13-12)11(14)8-9-4-2-5-9/h3,6-7,9,11,14H,2,4-5,8H2,1H3. The maximum absolute atomic E-state index is 10.0. The van der Waals surface area contributed by atoms with Crippen molar-refractivity contribution in [1.29, 1.82) is 0 Å². The molecule has 1 aliphatic carbocycles. The van der Waals surface area contributed by atoms with Gasteiger partial charge in [0.15, 0.2) is 0 Å². The Kier molecular flexibility index (Phi) is 3.21. The zero-order valence-corrected chi connectivity index (χ0v) is 9.02. The lowest BCUT2D eigenvalue weighted by atomic mass is 9.80. The molecule has 1 heterocycles. The fourth-order valence-electron chi connectivity index (χ4n) is 2.00. The normalized spacial score (nSPS) is 18.3. The minimum atomic E-state index is -0.432. The van der Waals surface area contributed by atoms with Gasteiger partial charge in [0, 0.05) is 11.8 Å². The van der Waals surface area contributed by atoms with Gasteiger partial charge in [-0.2, -0.15) is 0 Å². The van der Waals surface area contributed by atoms with E-state index in [0.717, 1.165) is 12.0 Å². The minimum absolute atomic E-state index is 0.432. The first-order valence-corrected chi connectivity index (χ1v) is 5.48. The largest absolute Gasteiger partial charge is 0.481 e. The summed E-state index contributed by atoms with van der Waals surface area (Å²) in [6.07, 6.45) is 5.89. The van der Waals surface area contributed by atoms with E-state index in [2.05, 4.69) is 4.98 Å². The molecule has 0 saturated heterocycles. The molecule has 0 aromatic carbocycles. The first-order chi connectivity index (χ1) is 7.31. The first kappa shape index (κ1) is 10.4. The summed E-state index contributed by atoms with van der Waals surface area (Å²) in [4.78, 5) is 4.09.